The highest BCUT2D eigenvalue weighted by atomic mass is 79.9. The zero-order valence-electron chi connectivity index (χ0n) is 11.1. The van der Waals surface area contributed by atoms with Gasteiger partial charge >= 0.3 is 0 Å². The molecule has 0 spiro atoms. The van der Waals surface area contributed by atoms with Crippen molar-refractivity contribution in [3.05, 3.63) is 40.1 Å². The fraction of sp³-hybridized carbons (Fsp3) is 0.286. The first-order valence-corrected chi connectivity index (χ1v) is 7.25. The molecule has 0 unspecified atom stereocenters. The molecule has 6 heteroatoms. The Kier molecular flexibility index (Phi) is 3.58. The number of anilines is 1. The van der Waals surface area contributed by atoms with Gasteiger partial charge in [0.05, 0.1) is 5.56 Å². The van der Waals surface area contributed by atoms with Gasteiger partial charge in [0, 0.05) is 10.4 Å². The van der Waals surface area contributed by atoms with Crippen LogP contribution in [0.25, 0.3) is 0 Å². The molecule has 2 aromatic rings. The summed E-state index contributed by atoms with van der Waals surface area (Å²) in [7, 11) is 0. The molecule has 0 amide bonds. The van der Waals surface area contributed by atoms with E-state index in [4.69, 9.17) is 10.6 Å². The molecule has 104 valence electrons. The minimum atomic E-state index is 0.438. The van der Waals surface area contributed by atoms with E-state index in [-0.39, 0.29) is 0 Å². The normalized spacial score (nSPS) is 14.2. The number of halogens is 1. The second kappa shape index (κ2) is 5.38. The highest BCUT2D eigenvalue weighted by Crippen LogP contribution is 2.40. The molecule has 0 aliphatic heterocycles. The number of hydrogen-bond donors (Lipinski definition) is 2. The Balaban J connectivity index is 1.97. The van der Waals surface area contributed by atoms with E-state index < -0.39 is 0 Å². The summed E-state index contributed by atoms with van der Waals surface area (Å²) in [4.78, 5) is 8.96. The first-order chi connectivity index (χ1) is 9.67. The van der Waals surface area contributed by atoms with Crippen LogP contribution in [0.5, 0.6) is 11.6 Å². The maximum absolute atomic E-state index is 5.87. The Morgan fingerprint density at radius 2 is 2.15 bits per heavy atom. The van der Waals surface area contributed by atoms with Gasteiger partial charge in [0.15, 0.2) is 5.82 Å². The van der Waals surface area contributed by atoms with Gasteiger partial charge in [0.25, 0.3) is 0 Å². The lowest BCUT2D eigenvalue weighted by Crippen LogP contribution is -2.13. The molecular formula is C14H15BrN4O. The van der Waals surface area contributed by atoms with Crippen LogP contribution in [0.1, 0.15) is 30.1 Å². The lowest BCUT2D eigenvalue weighted by Gasteiger charge is -2.12. The summed E-state index contributed by atoms with van der Waals surface area (Å²) in [6, 6.07) is 7.65. The average Bonchev–Trinajstić information content (AvgIpc) is 3.25. The molecule has 0 atom stereocenters. The number of rotatable bonds is 4. The third-order valence-corrected chi connectivity index (χ3v) is 3.70. The largest absolute Gasteiger partial charge is 0.439 e. The van der Waals surface area contributed by atoms with E-state index in [1.54, 1.807) is 0 Å². The van der Waals surface area contributed by atoms with Gasteiger partial charge < -0.3 is 10.2 Å². The molecule has 0 bridgehead atoms. The van der Waals surface area contributed by atoms with Crippen molar-refractivity contribution in [3.63, 3.8) is 0 Å². The van der Waals surface area contributed by atoms with E-state index in [1.165, 1.54) is 0 Å². The Bertz CT molecular complexity index is 643. The predicted octanol–water partition coefficient (Wildman–Crippen LogP) is 3.50. The molecule has 5 nitrogen and oxygen atoms in total. The summed E-state index contributed by atoms with van der Waals surface area (Å²) in [5.41, 5.74) is 3.42. The fourth-order valence-electron chi connectivity index (χ4n) is 1.92. The van der Waals surface area contributed by atoms with Crippen molar-refractivity contribution < 1.29 is 4.74 Å². The van der Waals surface area contributed by atoms with Gasteiger partial charge in [0.1, 0.15) is 11.6 Å². The van der Waals surface area contributed by atoms with Crippen LogP contribution in [-0.4, -0.2) is 9.97 Å². The van der Waals surface area contributed by atoms with Gasteiger partial charge in [-0.25, -0.2) is 10.8 Å². The average molecular weight is 335 g/mol. The summed E-state index contributed by atoms with van der Waals surface area (Å²) < 4.78 is 6.83. The van der Waals surface area contributed by atoms with Gasteiger partial charge in [-0.3, -0.25) is 0 Å². The van der Waals surface area contributed by atoms with Crippen molar-refractivity contribution in [1.29, 1.82) is 0 Å². The maximum atomic E-state index is 5.87. The molecule has 1 saturated carbocycles. The number of hydrogen-bond acceptors (Lipinski definition) is 5. The summed E-state index contributed by atoms with van der Waals surface area (Å²) in [5, 5.41) is 0. The number of ether oxygens (including phenoxy) is 1. The summed E-state index contributed by atoms with van der Waals surface area (Å²) in [6.07, 6.45) is 2.26. The number of benzene rings is 1. The van der Waals surface area contributed by atoms with Crippen molar-refractivity contribution in [1.82, 2.24) is 9.97 Å². The SMILES string of the molecule is Cc1c(NN)nc(C2CC2)nc1Oc1cccc(Br)c1. The predicted molar refractivity (Wildman–Crippen MR) is 80.8 cm³/mol. The Morgan fingerprint density at radius 3 is 2.80 bits per heavy atom. The van der Waals surface area contributed by atoms with Crippen LogP contribution in [0.2, 0.25) is 0 Å². The second-order valence-electron chi connectivity index (χ2n) is 4.84. The zero-order valence-corrected chi connectivity index (χ0v) is 12.6. The van der Waals surface area contributed by atoms with E-state index in [0.29, 0.717) is 17.6 Å². The van der Waals surface area contributed by atoms with Crippen molar-refractivity contribution >= 4 is 21.7 Å². The Labute approximate surface area is 125 Å². The molecular weight excluding hydrogens is 320 g/mol. The molecule has 20 heavy (non-hydrogen) atoms. The Hall–Kier alpha value is -1.66. The molecule has 1 aromatic heterocycles. The van der Waals surface area contributed by atoms with Gasteiger partial charge in [-0.05, 0) is 38.0 Å². The van der Waals surface area contributed by atoms with Crippen LogP contribution in [0.15, 0.2) is 28.7 Å². The molecule has 3 N–H and O–H groups in total. The highest BCUT2D eigenvalue weighted by molar-refractivity contribution is 9.10. The molecule has 3 rings (SSSR count). The lowest BCUT2D eigenvalue weighted by atomic mass is 10.3. The van der Waals surface area contributed by atoms with Crippen LogP contribution in [-0.2, 0) is 0 Å². The van der Waals surface area contributed by atoms with Crippen molar-refractivity contribution in [3.8, 4) is 11.6 Å². The minimum Gasteiger partial charge on any atom is -0.439 e. The Morgan fingerprint density at radius 1 is 1.35 bits per heavy atom. The number of nitrogens with one attached hydrogen (secondary N) is 1. The zero-order chi connectivity index (χ0) is 14.1. The molecule has 1 aromatic carbocycles. The van der Waals surface area contributed by atoms with Crippen LogP contribution in [0, 0.1) is 6.92 Å². The minimum absolute atomic E-state index is 0.438. The monoisotopic (exact) mass is 334 g/mol. The third-order valence-electron chi connectivity index (χ3n) is 3.21. The van der Waals surface area contributed by atoms with E-state index in [2.05, 4.69) is 31.3 Å². The first kappa shape index (κ1) is 13.3. The highest BCUT2D eigenvalue weighted by Gasteiger charge is 2.28. The van der Waals surface area contributed by atoms with E-state index in [0.717, 1.165) is 34.5 Å². The molecule has 1 fully saturated rings. The molecule has 1 aliphatic rings. The smallest absolute Gasteiger partial charge is 0.227 e. The van der Waals surface area contributed by atoms with Gasteiger partial charge in [-0.15, -0.1) is 0 Å². The van der Waals surface area contributed by atoms with E-state index >= 15 is 0 Å². The number of nitrogens with zero attached hydrogens (tertiary/aromatic N) is 2. The number of nitrogens with two attached hydrogens (primary N) is 1. The number of hydrazine groups is 1. The van der Waals surface area contributed by atoms with Crippen LogP contribution in [0.3, 0.4) is 0 Å². The molecule has 0 radical (unpaired) electrons. The first-order valence-electron chi connectivity index (χ1n) is 6.46. The summed E-state index contributed by atoms with van der Waals surface area (Å²) in [6.45, 7) is 1.89. The van der Waals surface area contributed by atoms with Gasteiger partial charge in [-0.1, -0.05) is 22.0 Å². The van der Waals surface area contributed by atoms with E-state index in [9.17, 15) is 0 Å². The van der Waals surface area contributed by atoms with Crippen LogP contribution >= 0.6 is 15.9 Å². The maximum Gasteiger partial charge on any atom is 0.227 e. The summed E-state index contributed by atoms with van der Waals surface area (Å²) in [5.74, 6) is 8.65. The van der Waals surface area contributed by atoms with Gasteiger partial charge in [0.2, 0.25) is 5.88 Å². The number of nitrogen functional groups attached to an aromatic ring is 1. The van der Waals surface area contributed by atoms with Crippen molar-refractivity contribution in [2.24, 2.45) is 5.84 Å². The molecule has 0 saturated heterocycles. The second-order valence-corrected chi connectivity index (χ2v) is 5.75. The molecule has 1 heterocycles. The standard InChI is InChI=1S/C14H15BrN4O/c1-8-12(19-16)17-13(9-5-6-9)18-14(8)20-11-4-2-3-10(15)7-11/h2-4,7,9H,5-6,16H2,1H3,(H,17,18,19). The van der Waals surface area contributed by atoms with E-state index in [1.807, 2.05) is 31.2 Å². The van der Waals surface area contributed by atoms with Gasteiger partial charge in [-0.2, -0.15) is 4.98 Å². The third kappa shape index (κ3) is 2.76. The van der Waals surface area contributed by atoms with Crippen molar-refractivity contribution in [2.75, 3.05) is 5.43 Å². The van der Waals surface area contributed by atoms with Crippen LogP contribution in [0.4, 0.5) is 5.82 Å². The topological polar surface area (TPSA) is 73.1 Å². The number of aromatic nitrogens is 2. The lowest BCUT2D eigenvalue weighted by molar-refractivity contribution is 0.454. The van der Waals surface area contributed by atoms with Crippen molar-refractivity contribution in [2.45, 2.75) is 25.7 Å². The molecule has 1 aliphatic carbocycles. The quantitative estimate of drug-likeness (QED) is 0.661. The fourth-order valence-corrected chi connectivity index (χ4v) is 2.30. The van der Waals surface area contributed by atoms with Crippen LogP contribution < -0.4 is 16.0 Å². The summed E-state index contributed by atoms with van der Waals surface area (Å²) >= 11 is 3.42.